The smallest absolute Gasteiger partial charge is 0.406 e. The van der Waals surface area contributed by atoms with Crippen molar-refractivity contribution < 1.29 is 32.2 Å². The zero-order chi connectivity index (χ0) is 20.0. The lowest BCUT2D eigenvalue weighted by atomic mass is 9.97. The number of benzene rings is 2. The maximum absolute atomic E-state index is 12.9. The van der Waals surface area contributed by atoms with Crippen molar-refractivity contribution in [2.75, 3.05) is 6.54 Å². The van der Waals surface area contributed by atoms with Crippen LogP contribution in [0, 0.1) is 5.82 Å². The predicted molar refractivity (Wildman–Crippen MR) is 90.5 cm³/mol. The highest BCUT2D eigenvalue weighted by molar-refractivity contribution is 5.76. The van der Waals surface area contributed by atoms with Gasteiger partial charge in [-0.05, 0) is 41.3 Å². The molecule has 0 aromatic heterocycles. The summed E-state index contributed by atoms with van der Waals surface area (Å²) < 4.78 is 53.0. The Morgan fingerprint density at radius 2 is 1.63 bits per heavy atom. The lowest BCUT2D eigenvalue weighted by Gasteiger charge is -2.15. The van der Waals surface area contributed by atoms with E-state index in [0.717, 1.165) is 17.7 Å². The minimum absolute atomic E-state index is 0.0888. The number of aliphatic hydroxyl groups is 1. The van der Waals surface area contributed by atoms with Crippen molar-refractivity contribution in [2.45, 2.75) is 31.7 Å². The summed E-state index contributed by atoms with van der Waals surface area (Å²) in [5.41, 5.74) is 1.16. The number of carbonyl (C=O) groups is 1. The lowest BCUT2D eigenvalue weighted by Crippen LogP contribution is -2.29. The minimum atomic E-state index is -4.78. The maximum Gasteiger partial charge on any atom is 0.573 e. The molecule has 0 radical (unpaired) electrons. The highest BCUT2D eigenvalue weighted by Gasteiger charge is 2.31. The number of amides is 1. The first kappa shape index (κ1) is 20.7. The topological polar surface area (TPSA) is 58.6 Å². The van der Waals surface area contributed by atoms with E-state index in [0.29, 0.717) is 5.56 Å². The van der Waals surface area contributed by atoms with Crippen LogP contribution >= 0.6 is 0 Å². The van der Waals surface area contributed by atoms with Crippen LogP contribution in [0.15, 0.2) is 48.5 Å². The van der Waals surface area contributed by atoms with Gasteiger partial charge in [-0.1, -0.05) is 31.2 Å². The summed E-state index contributed by atoms with van der Waals surface area (Å²) in [5.74, 6) is -1.19. The maximum atomic E-state index is 12.9. The Bertz CT molecular complexity index is 745. The Hall–Kier alpha value is -2.61. The Balaban J connectivity index is 1.82. The molecule has 2 rings (SSSR count). The molecule has 0 aliphatic rings. The van der Waals surface area contributed by atoms with Gasteiger partial charge in [0.1, 0.15) is 11.6 Å². The number of alkyl halides is 3. The van der Waals surface area contributed by atoms with Gasteiger partial charge in [0, 0.05) is 13.0 Å². The largest absolute Gasteiger partial charge is 0.573 e. The number of halogens is 4. The van der Waals surface area contributed by atoms with Crippen LogP contribution in [0.5, 0.6) is 5.75 Å². The van der Waals surface area contributed by atoms with E-state index >= 15 is 0 Å². The van der Waals surface area contributed by atoms with Gasteiger partial charge >= 0.3 is 6.36 Å². The van der Waals surface area contributed by atoms with E-state index in [4.69, 9.17) is 0 Å². The Morgan fingerprint density at radius 1 is 1.07 bits per heavy atom. The molecule has 2 aromatic rings. The lowest BCUT2D eigenvalue weighted by molar-refractivity contribution is -0.274. The van der Waals surface area contributed by atoms with Crippen molar-refractivity contribution in [3.63, 3.8) is 0 Å². The quantitative estimate of drug-likeness (QED) is 0.707. The molecule has 4 nitrogen and oxygen atoms in total. The minimum Gasteiger partial charge on any atom is -0.406 e. The van der Waals surface area contributed by atoms with Crippen LogP contribution in [0.2, 0.25) is 0 Å². The average molecular weight is 385 g/mol. The molecule has 1 amide bonds. The molecule has 0 heterocycles. The molecular weight excluding hydrogens is 366 g/mol. The van der Waals surface area contributed by atoms with Crippen LogP contribution in [0.3, 0.4) is 0 Å². The van der Waals surface area contributed by atoms with Crippen LogP contribution < -0.4 is 10.1 Å². The van der Waals surface area contributed by atoms with E-state index in [-0.39, 0.29) is 30.6 Å². The van der Waals surface area contributed by atoms with Crippen LogP contribution in [-0.4, -0.2) is 23.9 Å². The monoisotopic (exact) mass is 385 g/mol. The second-order valence-corrected chi connectivity index (χ2v) is 6.09. The summed E-state index contributed by atoms with van der Waals surface area (Å²) >= 11 is 0. The molecule has 2 atom stereocenters. The number of ether oxygens (including phenoxy) is 1. The van der Waals surface area contributed by atoms with Crippen molar-refractivity contribution in [2.24, 2.45) is 0 Å². The molecule has 0 aliphatic heterocycles. The van der Waals surface area contributed by atoms with Gasteiger partial charge in [0.2, 0.25) is 5.91 Å². The third-order valence-electron chi connectivity index (χ3n) is 3.92. The van der Waals surface area contributed by atoms with Crippen molar-refractivity contribution in [3.8, 4) is 5.75 Å². The summed E-state index contributed by atoms with van der Waals surface area (Å²) in [6, 6.07) is 10.6. The molecule has 0 saturated heterocycles. The third kappa shape index (κ3) is 6.90. The summed E-state index contributed by atoms with van der Waals surface area (Å²) in [7, 11) is 0. The molecule has 8 heteroatoms. The van der Waals surface area contributed by atoms with Gasteiger partial charge in [-0.15, -0.1) is 13.2 Å². The number of hydrogen-bond donors (Lipinski definition) is 2. The third-order valence-corrected chi connectivity index (χ3v) is 3.92. The van der Waals surface area contributed by atoms with Gasteiger partial charge < -0.3 is 15.2 Å². The molecule has 0 aliphatic carbocycles. The van der Waals surface area contributed by atoms with Gasteiger partial charge in [-0.3, -0.25) is 4.79 Å². The second-order valence-electron chi connectivity index (χ2n) is 6.09. The van der Waals surface area contributed by atoms with Crippen LogP contribution in [0.25, 0.3) is 0 Å². The number of hydrogen-bond acceptors (Lipinski definition) is 3. The first-order chi connectivity index (χ1) is 12.6. The molecule has 2 unspecified atom stereocenters. The standard InChI is InChI=1S/C19H19F4NO3/c1-12(13-2-6-15(20)7-3-13)10-18(26)24-11-17(25)14-4-8-16(9-5-14)27-19(21,22)23/h2-9,12,17,25H,10-11H2,1H3,(H,24,26). The van der Waals surface area contributed by atoms with Crippen molar-refractivity contribution in [1.82, 2.24) is 5.32 Å². The predicted octanol–water partition coefficient (Wildman–Crippen LogP) is 4.07. The molecule has 0 saturated carbocycles. The summed E-state index contributed by atoms with van der Waals surface area (Å²) in [5, 5.41) is 12.6. The Labute approximate surface area is 153 Å². The fourth-order valence-electron chi connectivity index (χ4n) is 2.48. The van der Waals surface area contributed by atoms with Crippen LogP contribution in [0.1, 0.15) is 36.5 Å². The number of nitrogens with one attached hydrogen (secondary N) is 1. The molecule has 27 heavy (non-hydrogen) atoms. The Kier molecular flexibility index (Phi) is 6.79. The van der Waals surface area contributed by atoms with Gasteiger partial charge in [-0.25, -0.2) is 4.39 Å². The van der Waals surface area contributed by atoms with E-state index < -0.39 is 18.2 Å². The van der Waals surface area contributed by atoms with Gasteiger partial charge in [0.15, 0.2) is 0 Å². The van der Waals surface area contributed by atoms with E-state index in [1.165, 1.54) is 24.3 Å². The van der Waals surface area contributed by atoms with Crippen LogP contribution in [0.4, 0.5) is 17.6 Å². The first-order valence-electron chi connectivity index (χ1n) is 8.20. The van der Waals surface area contributed by atoms with Gasteiger partial charge in [0.05, 0.1) is 6.10 Å². The van der Waals surface area contributed by atoms with Crippen LogP contribution in [-0.2, 0) is 4.79 Å². The molecule has 0 fully saturated rings. The highest BCUT2D eigenvalue weighted by atomic mass is 19.4. The van der Waals surface area contributed by atoms with E-state index in [2.05, 4.69) is 10.1 Å². The average Bonchev–Trinajstić information content (AvgIpc) is 2.59. The van der Waals surface area contributed by atoms with Gasteiger partial charge in [0.25, 0.3) is 0 Å². The number of aliphatic hydroxyl groups excluding tert-OH is 1. The molecule has 0 bridgehead atoms. The normalized spacial score (nSPS) is 13.7. The Morgan fingerprint density at radius 3 is 2.19 bits per heavy atom. The zero-order valence-corrected chi connectivity index (χ0v) is 14.5. The fourth-order valence-corrected chi connectivity index (χ4v) is 2.48. The summed E-state index contributed by atoms with van der Waals surface area (Å²) in [6.07, 6.45) is -5.71. The number of rotatable bonds is 7. The molecular formula is C19H19F4NO3. The second kappa shape index (κ2) is 8.85. The fraction of sp³-hybridized carbons (Fsp3) is 0.316. The van der Waals surface area contributed by atoms with Crippen molar-refractivity contribution in [1.29, 1.82) is 0 Å². The number of carbonyl (C=O) groups excluding carboxylic acids is 1. The van der Waals surface area contributed by atoms with Gasteiger partial charge in [-0.2, -0.15) is 0 Å². The summed E-state index contributed by atoms with van der Waals surface area (Å²) in [6.45, 7) is 1.73. The van der Waals surface area contributed by atoms with Crippen molar-refractivity contribution in [3.05, 3.63) is 65.5 Å². The molecule has 0 spiro atoms. The first-order valence-corrected chi connectivity index (χ1v) is 8.20. The van der Waals surface area contributed by atoms with E-state index in [1.807, 2.05) is 6.92 Å². The molecule has 146 valence electrons. The van der Waals surface area contributed by atoms with E-state index in [9.17, 15) is 27.5 Å². The SMILES string of the molecule is CC(CC(=O)NCC(O)c1ccc(OC(F)(F)F)cc1)c1ccc(F)cc1. The summed E-state index contributed by atoms with van der Waals surface area (Å²) in [4.78, 5) is 12.0. The van der Waals surface area contributed by atoms with E-state index in [1.54, 1.807) is 12.1 Å². The molecule has 2 aromatic carbocycles. The molecule has 2 N–H and O–H groups in total. The highest BCUT2D eigenvalue weighted by Crippen LogP contribution is 2.24. The zero-order valence-electron chi connectivity index (χ0n) is 14.5. The van der Waals surface area contributed by atoms with Crippen molar-refractivity contribution >= 4 is 5.91 Å².